The molecule has 4 aromatic carbocycles. The monoisotopic (exact) mass is 445 g/mol. The fraction of sp³-hybridized carbons (Fsp3) is 0.103. The number of aromatic nitrogens is 2. The Morgan fingerprint density at radius 2 is 1.65 bits per heavy atom. The van der Waals surface area contributed by atoms with Crippen LogP contribution in [0, 0.1) is 5.41 Å². The van der Waals surface area contributed by atoms with Crippen LogP contribution in [-0.2, 0) is 6.54 Å². The Kier molecular flexibility index (Phi) is 4.88. The fourth-order valence-electron chi connectivity index (χ4n) is 4.79. The van der Waals surface area contributed by atoms with E-state index in [1.54, 1.807) is 13.4 Å². The summed E-state index contributed by atoms with van der Waals surface area (Å²) in [6.45, 7) is 0.567. The molecule has 5 nitrogen and oxygen atoms in total. The third kappa shape index (κ3) is 3.33. The number of hydrogen-bond donors (Lipinski definition) is 1. The fourth-order valence-corrected chi connectivity index (χ4v) is 4.79. The van der Waals surface area contributed by atoms with Crippen LogP contribution in [0.15, 0.2) is 97.3 Å². The van der Waals surface area contributed by atoms with Gasteiger partial charge in [0.25, 0.3) is 0 Å². The average molecular weight is 446 g/mol. The van der Waals surface area contributed by atoms with Crippen molar-refractivity contribution in [2.24, 2.45) is 0 Å². The number of rotatable bonds is 4. The minimum atomic E-state index is -0.195. The van der Waals surface area contributed by atoms with Crippen molar-refractivity contribution in [2.75, 3.05) is 7.11 Å². The van der Waals surface area contributed by atoms with Crippen LogP contribution in [0.25, 0.3) is 10.8 Å². The van der Waals surface area contributed by atoms with E-state index in [0.29, 0.717) is 17.9 Å². The SMILES string of the molecule is COc1ccc([C@@H]2c3c(ncn(Cc4ccccc4)c3=N)Oc3ccc4ccccc4c32)cc1. The summed E-state index contributed by atoms with van der Waals surface area (Å²) in [5, 5.41) is 11.5. The molecule has 166 valence electrons. The maximum atomic E-state index is 9.20. The van der Waals surface area contributed by atoms with Crippen molar-refractivity contribution in [3.63, 3.8) is 0 Å². The smallest absolute Gasteiger partial charge is 0.228 e. The third-order valence-corrected chi connectivity index (χ3v) is 6.45. The van der Waals surface area contributed by atoms with E-state index in [4.69, 9.17) is 9.47 Å². The summed E-state index contributed by atoms with van der Waals surface area (Å²) in [7, 11) is 1.67. The van der Waals surface area contributed by atoms with Gasteiger partial charge >= 0.3 is 0 Å². The zero-order valence-electron chi connectivity index (χ0n) is 18.7. The lowest BCUT2D eigenvalue weighted by Gasteiger charge is -2.30. The number of benzene rings is 4. The Bertz CT molecular complexity index is 1560. The molecule has 0 saturated carbocycles. The van der Waals surface area contributed by atoms with Crippen LogP contribution in [0.1, 0.15) is 28.2 Å². The van der Waals surface area contributed by atoms with Gasteiger partial charge in [-0.05, 0) is 40.1 Å². The van der Waals surface area contributed by atoms with Gasteiger partial charge in [0.1, 0.15) is 23.3 Å². The molecule has 5 aromatic rings. The molecule has 1 N–H and O–H groups in total. The Hall–Kier alpha value is -4.38. The summed E-state index contributed by atoms with van der Waals surface area (Å²) in [6, 6.07) is 30.6. The highest BCUT2D eigenvalue weighted by atomic mass is 16.5. The van der Waals surface area contributed by atoms with Gasteiger partial charge in [0.05, 0.1) is 19.2 Å². The second kappa shape index (κ2) is 8.19. The highest BCUT2D eigenvalue weighted by molar-refractivity contribution is 5.90. The lowest BCUT2D eigenvalue weighted by atomic mass is 9.81. The number of nitrogens with zero attached hydrogens (tertiary/aromatic N) is 2. The molecule has 0 bridgehead atoms. The van der Waals surface area contributed by atoms with E-state index in [1.165, 1.54) is 0 Å². The Labute approximate surface area is 197 Å². The molecule has 1 aliphatic rings. The van der Waals surface area contributed by atoms with E-state index in [2.05, 4.69) is 47.4 Å². The molecule has 34 heavy (non-hydrogen) atoms. The summed E-state index contributed by atoms with van der Waals surface area (Å²) in [6.07, 6.45) is 1.70. The average Bonchev–Trinajstić information content (AvgIpc) is 2.90. The quantitative estimate of drug-likeness (QED) is 0.370. The van der Waals surface area contributed by atoms with Gasteiger partial charge in [-0.2, -0.15) is 0 Å². The largest absolute Gasteiger partial charge is 0.497 e. The van der Waals surface area contributed by atoms with E-state index in [1.807, 2.05) is 53.1 Å². The van der Waals surface area contributed by atoms with Crippen molar-refractivity contribution in [1.82, 2.24) is 9.55 Å². The molecule has 0 spiro atoms. The summed E-state index contributed by atoms with van der Waals surface area (Å²) >= 11 is 0. The van der Waals surface area contributed by atoms with Gasteiger partial charge in [0.2, 0.25) is 5.88 Å². The topological polar surface area (TPSA) is 60.1 Å². The molecule has 0 unspecified atom stereocenters. The number of nitrogens with one attached hydrogen (secondary N) is 1. The summed E-state index contributed by atoms with van der Waals surface area (Å²) in [5.74, 6) is 1.86. The second-order valence-corrected chi connectivity index (χ2v) is 8.43. The van der Waals surface area contributed by atoms with Crippen LogP contribution in [0.2, 0.25) is 0 Å². The Morgan fingerprint density at radius 3 is 2.44 bits per heavy atom. The predicted octanol–water partition coefficient (Wildman–Crippen LogP) is 5.86. The first-order chi connectivity index (χ1) is 16.7. The normalized spacial score (nSPS) is 14.2. The molecule has 2 heterocycles. The number of fused-ring (bicyclic) bond motifs is 4. The molecular weight excluding hydrogens is 422 g/mol. The van der Waals surface area contributed by atoms with Crippen LogP contribution in [0.3, 0.4) is 0 Å². The lowest BCUT2D eigenvalue weighted by molar-refractivity contribution is 0.414. The van der Waals surface area contributed by atoms with Gasteiger partial charge in [-0.3, -0.25) is 5.41 Å². The Balaban J connectivity index is 1.59. The molecule has 5 heteroatoms. The zero-order valence-corrected chi connectivity index (χ0v) is 18.7. The van der Waals surface area contributed by atoms with Crippen molar-refractivity contribution in [1.29, 1.82) is 5.41 Å². The summed E-state index contributed by atoms with van der Waals surface area (Å²) in [4.78, 5) is 4.66. The van der Waals surface area contributed by atoms with Crippen LogP contribution in [0.4, 0.5) is 0 Å². The van der Waals surface area contributed by atoms with Crippen molar-refractivity contribution >= 4 is 10.8 Å². The second-order valence-electron chi connectivity index (χ2n) is 8.43. The number of hydrogen-bond acceptors (Lipinski definition) is 4. The van der Waals surface area contributed by atoms with Crippen LogP contribution in [-0.4, -0.2) is 16.7 Å². The molecule has 1 aromatic heterocycles. The number of methoxy groups -OCH3 is 1. The minimum absolute atomic E-state index is 0.195. The predicted molar refractivity (Wildman–Crippen MR) is 132 cm³/mol. The minimum Gasteiger partial charge on any atom is -0.497 e. The van der Waals surface area contributed by atoms with Gasteiger partial charge in [0.15, 0.2) is 0 Å². The molecule has 0 aliphatic carbocycles. The maximum Gasteiger partial charge on any atom is 0.228 e. The Morgan fingerprint density at radius 1 is 0.882 bits per heavy atom. The molecule has 1 atom stereocenters. The molecule has 0 radical (unpaired) electrons. The maximum absolute atomic E-state index is 9.20. The third-order valence-electron chi connectivity index (χ3n) is 6.45. The molecular formula is C29H23N3O2. The molecule has 0 saturated heterocycles. The van der Waals surface area contributed by atoms with Crippen molar-refractivity contribution < 1.29 is 9.47 Å². The molecule has 6 rings (SSSR count). The molecule has 0 fully saturated rings. The zero-order chi connectivity index (χ0) is 23.1. The standard InChI is InChI=1S/C29H23N3O2/c1-33-22-14-11-21(12-15-22)25-26-23-10-6-5-9-20(23)13-16-24(26)34-29-27(25)28(30)32(18-31-29)17-19-7-3-2-4-8-19/h2-16,18,25,30H,17H2,1H3/t25-/m0/s1. The lowest BCUT2D eigenvalue weighted by Crippen LogP contribution is -2.30. The van der Waals surface area contributed by atoms with Gasteiger partial charge in [-0.15, -0.1) is 0 Å². The van der Waals surface area contributed by atoms with E-state index in [0.717, 1.165) is 44.5 Å². The first kappa shape index (κ1) is 20.2. The van der Waals surface area contributed by atoms with Gasteiger partial charge in [-0.25, -0.2) is 4.98 Å². The highest BCUT2D eigenvalue weighted by Crippen LogP contribution is 2.48. The van der Waals surface area contributed by atoms with Crippen LogP contribution < -0.4 is 15.0 Å². The molecule has 0 amide bonds. The molecule has 1 aliphatic heterocycles. The first-order valence-corrected chi connectivity index (χ1v) is 11.2. The first-order valence-electron chi connectivity index (χ1n) is 11.2. The number of ether oxygens (including phenoxy) is 2. The van der Waals surface area contributed by atoms with Crippen molar-refractivity contribution in [3.8, 4) is 17.4 Å². The van der Waals surface area contributed by atoms with Crippen molar-refractivity contribution in [2.45, 2.75) is 12.5 Å². The summed E-state index contributed by atoms with van der Waals surface area (Å²) in [5.41, 5.74) is 4.41. The van der Waals surface area contributed by atoms with Gasteiger partial charge in [0, 0.05) is 11.5 Å². The van der Waals surface area contributed by atoms with Crippen molar-refractivity contribution in [3.05, 3.63) is 125 Å². The van der Waals surface area contributed by atoms with E-state index in [-0.39, 0.29) is 5.92 Å². The van der Waals surface area contributed by atoms with Gasteiger partial charge in [-0.1, -0.05) is 72.8 Å². The van der Waals surface area contributed by atoms with Crippen LogP contribution >= 0.6 is 0 Å². The van der Waals surface area contributed by atoms with Crippen LogP contribution in [0.5, 0.6) is 17.4 Å². The summed E-state index contributed by atoms with van der Waals surface area (Å²) < 4.78 is 13.6. The van der Waals surface area contributed by atoms with E-state index in [9.17, 15) is 5.41 Å². The van der Waals surface area contributed by atoms with Gasteiger partial charge < -0.3 is 14.0 Å². The highest BCUT2D eigenvalue weighted by Gasteiger charge is 2.33. The van der Waals surface area contributed by atoms with E-state index >= 15 is 0 Å². The van der Waals surface area contributed by atoms with E-state index < -0.39 is 0 Å².